The van der Waals surface area contributed by atoms with Crippen LogP contribution in [0.25, 0.3) is 0 Å². The molecule has 0 amide bonds. The van der Waals surface area contributed by atoms with Crippen LogP contribution >= 0.6 is 23.1 Å². The topological polar surface area (TPSA) is 76.7 Å². The molecule has 0 bridgehead atoms. The quantitative estimate of drug-likeness (QED) is 0.510. The van der Waals surface area contributed by atoms with E-state index in [1.165, 1.54) is 11.8 Å². The standard InChI is InChI=1S/C11H15N5S2/c1-6(2)10-14-8(16-12)4-9(15-10)18-11-13-7(3)5-17-11/h4-6H,12H2,1-3H3,(H,14,15,16). The summed E-state index contributed by atoms with van der Waals surface area (Å²) in [7, 11) is 0. The van der Waals surface area contributed by atoms with Crippen LogP contribution in [0.2, 0.25) is 0 Å². The molecule has 0 saturated carbocycles. The Labute approximate surface area is 114 Å². The highest BCUT2D eigenvalue weighted by atomic mass is 32.2. The predicted octanol–water partition coefficient (Wildman–Crippen LogP) is 2.80. The molecule has 2 aromatic rings. The van der Waals surface area contributed by atoms with Crippen LogP contribution in [0.4, 0.5) is 5.82 Å². The fraction of sp³-hybridized carbons (Fsp3) is 0.364. The average molecular weight is 281 g/mol. The molecule has 0 aliphatic rings. The Morgan fingerprint density at radius 1 is 1.33 bits per heavy atom. The molecule has 3 N–H and O–H groups in total. The number of nitrogen functional groups attached to an aromatic ring is 1. The number of anilines is 1. The van der Waals surface area contributed by atoms with E-state index in [1.807, 2.05) is 18.4 Å². The van der Waals surface area contributed by atoms with Gasteiger partial charge in [0.2, 0.25) is 0 Å². The van der Waals surface area contributed by atoms with Crippen molar-refractivity contribution >= 4 is 28.9 Å². The molecule has 0 aliphatic heterocycles. The van der Waals surface area contributed by atoms with Crippen molar-refractivity contribution in [2.24, 2.45) is 5.84 Å². The molecular formula is C11H15N5S2. The Balaban J connectivity index is 2.29. The number of hydrazine groups is 1. The third-order valence-electron chi connectivity index (χ3n) is 2.17. The summed E-state index contributed by atoms with van der Waals surface area (Å²) in [6.45, 7) is 6.09. The first-order valence-electron chi connectivity index (χ1n) is 5.54. The van der Waals surface area contributed by atoms with Crippen molar-refractivity contribution in [2.45, 2.75) is 36.1 Å². The second-order valence-corrected chi connectivity index (χ2v) is 6.23. The van der Waals surface area contributed by atoms with E-state index in [9.17, 15) is 0 Å². The Morgan fingerprint density at radius 3 is 2.67 bits per heavy atom. The fourth-order valence-corrected chi connectivity index (χ4v) is 3.09. The predicted molar refractivity (Wildman–Crippen MR) is 74.9 cm³/mol. The summed E-state index contributed by atoms with van der Waals surface area (Å²) in [5, 5.41) is 2.88. The number of nitrogens with two attached hydrogens (primary N) is 1. The highest BCUT2D eigenvalue weighted by Gasteiger charge is 2.10. The number of hydrogen-bond donors (Lipinski definition) is 2. The molecule has 0 fully saturated rings. The van der Waals surface area contributed by atoms with E-state index in [0.717, 1.165) is 20.9 Å². The highest BCUT2D eigenvalue weighted by molar-refractivity contribution is 8.01. The summed E-state index contributed by atoms with van der Waals surface area (Å²) in [5.41, 5.74) is 3.60. The number of nitrogens with zero attached hydrogens (tertiary/aromatic N) is 3. The maximum Gasteiger partial charge on any atom is 0.156 e. The van der Waals surface area contributed by atoms with Crippen molar-refractivity contribution in [3.8, 4) is 0 Å². The lowest BCUT2D eigenvalue weighted by molar-refractivity contribution is 0.754. The van der Waals surface area contributed by atoms with E-state index >= 15 is 0 Å². The monoisotopic (exact) mass is 281 g/mol. The first kappa shape index (κ1) is 13.3. The lowest BCUT2D eigenvalue weighted by Gasteiger charge is -2.08. The Bertz CT molecular complexity index is 538. The zero-order valence-corrected chi connectivity index (χ0v) is 12.1. The number of nitrogens with one attached hydrogen (secondary N) is 1. The van der Waals surface area contributed by atoms with E-state index in [4.69, 9.17) is 5.84 Å². The molecule has 7 heteroatoms. The van der Waals surface area contributed by atoms with E-state index in [-0.39, 0.29) is 5.92 Å². The second kappa shape index (κ2) is 5.64. The maximum atomic E-state index is 5.42. The SMILES string of the molecule is Cc1csc(Sc2cc(NN)nc(C(C)C)n2)n1. The Kier molecular flexibility index (Phi) is 4.15. The summed E-state index contributed by atoms with van der Waals surface area (Å²) < 4.78 is 0.976. The molecule has 2 rings (SSSR count). The van der Waals surface area contributed by atoms with E-state index in [0.29, 0.717) is 5.82 Å². The largest absolute Gasteiger partial charge is 0.308 e. The first-order chi connectivity index (χ1) is 8.58. The van der Waals surface area contributed by atoms with E-state index in [1.54, 1.807) is 11.3 Å². The highest BCUT2D eigenvalue weighted by Crippen LogP contribution is 2.30. The van der Waals surface area contributed by atoms with Gasteiger partial charge in [-0.25, -0.2) is 20.8 Å². The second-order valence-electron chi connectivity index (χ2n) is 4.11. The van der Waals surface area contributed by atoms with Crippen LogP contribution < -0.4 is 11.3 Å². The Hall–Kier alpha value is -1.18. The van der Waals surface area contributed by atoms with Crippen LogP contribution in [0.5, 0.6) is 0 Å². The maximum absolute atomic E-state index is 5.42. The number of hydrogen-bond acceptors (Lipinski definition) is 7. The minimum Gasteiger partial charge on any atom is -0.308 e. The van der Waals surface area contributed by atoms with Gasteiger partial charge in [0, 0.05) is 23.1 Å². The van der Waals surface area contributed by atoms with Gasteiger partial charge in [0.1, 0.15) is 16.7 Å². The fourth-order valence-electron chi connectivity index (χ4n) is 1.30. The van der Waals surface area contributed by atoms with Gasteiger partial charge in [0.05, 0.1) is 0 Å². The van der Waals surface area contributed by atoms with Crippen molar-refractivity contribution in [3.63, 3.8) is 0 Å². The molecular weight excluding hydrogens is 266 g/mol. The van der Waals surface area contributed by atoms with Crippen LogP contribution in [-0.4, -0.2) is 15.0 Å². The van der Waals surface area contributed by atoms with Gasteiger partial charge in [-0.05, 0) is 18.7 Å². The van der Waals surface area contributed by atoms with Gasteiger partial charge < -0.3 is 5.43 Å². The lowest BCUT2D eigenvalue weighted by Crippen LogP contribution is -2.11. The molecule has 5 nitrogen and oxygen atoms in total. The van der Waals surface area contributed by atoms with Crippen LogP contribution in [-0.2, 0) is 0 Å². The van der Waals surface area contributed by atoms with Gasteiger partial charge in [-0.2, -0.15) is 0 Å². The first-order valence-corrected chi connectivity index (χ1v) is 7.23. The third kappa shape index (κ3) is 3.18. The molecule has 0 saturated heterocycles. The normalized spacial score (nSPS) is 10.9. The summed E-state index contributed by atoms with van der Waals surface area (Å²) >= 11 is 3.14. The van der Waals surface area contributed by atoms with E-state index < -0.39 is 0 Å². The lowest BCUT2D eigenvalue weighted by atomic mass is 10.2. The van der Waals surface area contributed by atoms with Crippen LogP contribution in [0.15, 0.2) is 20.8 Å². The molecule has 0 radical (unpaired) electrons. The number of aryl methyl sites for hydroxylation is 1. The van der Waals surface area contributed by atoms with Crippen LogP contribution in [0, 0.1) is 6.92 Å². The minimum atomic E-state index is 0.260. The van der Waals surface area contributed by atoms with Gasteiger partial charge in [-0.15, -0.1) is 11.3 Å². The molecule has 96 valence electrons. The minimum absolute atomic E-state index is 0.260. The molecule has 18 heavy (non-hydrogen) atoms. The Morgan fingerprint density at radius 2 is 2.11 bits per heavy atom. The average Bonchev–Trinajstić information content (AvgIpc) is 2.74. The molecule has 0 unspecified atom stereocenters. The van der Waals surface area contributed by atoms with Crippen molar-refractivity contribution in [2.75, 3.05) is 5.43 Å². The van der Waals surface area contributed by atoms with Gasteiger partial charge in [0.25, 0.3) is 0 Å². The van der Waals surface area contributed by atoms with Gasteiger partial charge in [-0.1, -0.05) is 13.8 Å². The third-order valence-corrected chi connectivity index (χ3v) is 4.15. The van der Waals surface area contributed by atoms with Crippen molar-refractivity contribution in [1.29, 1.82) is 0 Å². The zero-order chi connectivity index (χ0) is 13.1. The summed E-state index contributed by atoms with van der Waals surface area (Å²) in [5.74, 6) is 7.09. The smallest absolute Gasteiger partial charge is 0.156 e. The van der Waals surface area contributed by atoms with Crippen molar-refractivity contribution < 1.29 is 0 Å². The molecule has 2 heterocycles. The molecule has 0 spiro atoms. The number of rotatable bonds is 4. The summed E-state index contributed by atoms with van der Waals surface area (Å²) in [6, 6.07) is 1.83. The number of thiazole rings is 1. The van der Waals surface area contributed by atoms with Gasteiger partial charge in [0.15, 0.2) is 4.34 Å². The van der Waals surface area contributed by atoms with Gasteiger partial charge in [-0.3, -0.25) is 0 Å². The number of aromatic nitrogens is 3. The van der Waals surface area contributed by atoms with E-state index in [2.05, 4.69) is 34.2 Å². The van der Waals surface area contributed by atoms with Crippen LogP contribution in [0.1, 0.15) is 31.3 Å². The molecule has 2 aromatic heterocycles. The molecule has 0 aromatic carbocycles. The molecule has 0 atom stereocenters. The van der Waals surface area contributed by atoms with Crippen LogP contribution in [0.3, 0.4) is 0 Å². The van der Waals surface area contributed by atoms with Crippen molar-refractivity contribution in [1.82, 2.24) is 15.0 Å². The van der Waals surface area contributed by atoms with Crippen molar-refractivity contribution in [3.05, 3.63) is 23.0 Å². The molecule has 0 aliphatic carbocycles. The summed E-state index contributed by atoms with van der Waals surface area (Å²) in [4.78, 5) is 13.2. The summed E-state index contributed by atoms with van der Waals surface area (Å²) in [6.07, 6.45) is 0. The van der Waals surface area contributed by atoms with Gasteiger partial charge >= 0.3 is 0 Å². The zero-order valence-electron chi connectivity index (χ0n) is 10.5.